The average molecular weight is 248 g/mol. The fourth-order valence-electron chi connectivity index (χ4n) is 1.16. The van der Waals surface area contributed by atoms with Crippen LogP contribution in [-0.4, -0.2) is 19.2 Å². The minimum absolute atomic E-state index is 0.0491. The van der Waals surface area contributed by atoms with Gasteiger partial charge in [0.2, 0.25) is 0 Å². The summed E-state index contributed by atoms with van der Waals surface area (Å²) >= 11 is 0. The van der Waals surface area contributed by atoms with Crippen molar-refractivity contribution in [2.24, 2.45) is 5.73 Å². The molecular formula is C10H11F3N2O2. The van der Waals surface area contributed by atoms with Crippen molar-refractivity contribution in [2.75, 3.05) is 12.4 Å². The molecule has 1 aromatic carbocycles. The third-order valence-corrected chi connectivity index (χ3v) is 2.01. The van der Waals surface area contributed by atoms with E-state index in [0.717, 1.165) is 0 Å². The van der Waals surface area contributed by atoms with Crippen LogP contribution in [0.2, 0.25) is 0 Å². The first-order valence-electron chi connectivity index (χ1n) is 4.63. The standard InChI is InChI=1S/C10H11F3N2O2/c1-17-8-4-6(5-14)2-3-7(8)15-9(16)10(11,12)13/h2-4H,5,14H2,1H3,(H,15,16). The van der Waals surface area contributed by atoms with Crippen molar-refractivity contribution in [2.45, 2.75) is 12.7 Å². The number of methoxy groups -OCH3 is 1. The SMILES string of the molecule is COc1cc(CN)ccc1NC(=O)C(F)(F)F. The van der Waals surface area contributed by atoms with E-state index < -0.39 is 12.1 Å². The van der Waals surface area contributed by atoms with Crippen LogP contribution in [0.1, 0.15) is 5.56 Å². The molecule has 0 aliphatic rings. The van der Waals surface area contributed by atoms with Gasteiger partial charge in [-0.05, 0) is 17.7 Å². The van der Waals surface area contributed by atoms with Gasteiger partial charge in [-0.15, -0.1) is 0 Å². The average Bonchev–Trinajstić information content (AvgIpc) is 2.28. The summed E-state index contributed by atoms with van der Waals surface area (Å²) in [5, 5.41) is 1.72. The van der Waals surface area contributed by atoms with Gasteiger partial charge >= 0.3 is 12.1 Å². The number of anilines is 1. The molecule has 3 N–H and O–H groups in total. The number of benzene rings is 1. The van der Waals surface area contributed by atoms with Crippen LogP contribution in [0.3, 0.4) is 0 Å². The summed E-state index contributed by atoms with van der Waals surface area (Å²) in [6.07, 6.45) is -4.93. The quantitative estimate of drug-likeness (QED) is 0.854. The molecule has 1 amide bonds. The molecule has 94 valence electrons. The lowest BCUT2D eigenvalue weighted by Gasteiger charge is -2.12. The molecule has 0 unspecified atom stereocenters. The van der Waals surface area contributed by atoms with Gasteiger partial charge in [-0.3, -0.25) is 4.79 Å². The van der Waals surface area contributed by atoms with Gasteiger partial charge in [0, 0.05) is 6.54 Å². The lowest BCUT2D eigenvalue weighted by molar-refractivity contribution is -0.167. The summed E-state index contributed by atoms with van der Waals surface area (Å²) in [4.78, 5) is 10.7. The van der Waals surface area contributed by atoms with Crippen LogP contribution in [0.25, 0.3) is 0 Å². The van der Waals surface area contributed by atoms with E-state index in [2.05, 4.69) is 0 Å². The summed E-state index contributed by atoms with van der Waals surface area (Å²) in [6.45, 7) is 0.226. The van der Waals surface area contributed by atoms with E-state index in [1.165, 1.54) is 25.3 Å². The molecule has 0 aromatic heterocycles. The Labute approximate surface area is 95.6 Å². The second kappa shape index (κ2) is 5.05. The Morgan fingerprint density at radius 1 is 1.47 bits per heavy atom. The fourth-order valence-corrected chi connectivity index (χ4v) is 1.16. The molecule has 7 heteroatoms. The third-order valence-electron chi connectivity index (χ3n) is 2.01. The van der Waals surface area contributed by atoms with Crippen molar-refractivity contribution >= 4 is 11.6 Å². The number of hydrogen-bond acceptors (Lipinski definition) is 3. The van der Waals surface area contributed by atoms with Crippen LogP contribution in [0.5, 0.6) is 5.75 Å². The largest absolute Gasteiger partial charge is 0.495 e. The number of carbonyl (C=O) groups is 1. The van der Waals surface area contributed by atoms with Crippen LogP contribution < -0.4 is 15.8 Å². The zero-order valence-electron chi connectivity index (χ0n) is 8.97. The first-order chi connectivity index (χ1) is 7.88. The fraction of sp³-hybridized carbons (Fsp3) is 0.300. The molecule has 0 aliphatic carbocycles. The van der Waals surface area contributed by atoms with E-state index in [4.69, 9.17) is 10.5 Å². The molecule has 17 heavy (non-hydrogen) atoms. The lowest BCUT2D eigenvalue weighted by Crippen LogP contribution is -2.30. The topological polar surface area (TPSA) is 64.3 Å². The highest BCUT2D eigenvalue weighted by Gasteiger charge is 2.39. The number of alkyl halides is 3. The van der Waals surface area contributed by atoms with Crippen molar-refractivity contribution < 1.29 is 22.7 Å². The molecule has 1 rings (SSSR count). The second-order valence-corrected chi connectivity index (χ2v) is 3.19. The summed E-state index contributed by atoms with van der Waals surface area (Å²) in [6, 6.07) is 4.28. The number of ether oxygens (including phenoxy) is 1. The minimum atomic E-state index is -4.93. The molecule has 0 saturated heterocycles. The van der Waals surface area contributed by atoms with Crippen molar-refractivity contribution in [1.29, 1.82) is 0 Å². The maximum atomic E-state index is 12.0. The van der Waals surface area contributed by atoms with E-state index in [0.29, 0.717) is 5.56 Å². The maximum Gasteiger partial charge on any atom is 0.471 e. The Bertz CT molecular complexity index is 419. The number of rotatable bonds is 3. The summed E-state index contributed by atoms with van der Waals surface area (Å²) in [7, 11) is 1.29. The van der Waals surface area contributed by atoms with E-state index >= 15 is 0 Å². The first-order valence-corrected chi connectivity index (χ1v) is 4.63. The Morgan fingerprint density at radius 2 is 2.12 bits per heavy atom. The highest BCUT2D eigenvalue weighted by molar-refractivity contribution is 5.96. The summed E-state index contributed by atoms with van der Waals surface area (Å²) in [5.74, 6) is -1.91. The van der Waals surface area contributed by atoms with Gasteiger partial charge < -0.3 is 15.8 Å². The van der Waals surface area contributed by atoms with E-state index in [1.807, 2.05) is 0 Å². The maximum absolute atomic E-state index is 12.0. The van der Waals surface area contributed by atoms with Crippen LogP contribution in [0.15, 0.2) is 18.2 Å². The zero-order chi connectivity index (χ0) is 13.1. The van der Waals surface area contributed by atoms with E-state index in [1.54, 1.807) is 5.32 Å². The number of nitrogens with two attached hydrogens (primary N) is 1. The van der Waals surface area contributed by atoms with Gasteiger partial charge in [0.05, 0.1) is 12.8 Å². The predicted octanol–water partition coefficient (Wildman–Crippen LogP) is 1.65. The van der Waals surface area contributed by atoms with Crippen molar-refractivity contribution in [3.05, 3.63) is 23.8 Å². The monoisotopic (exact) mass is 248 g/mol. The summed E-state index contributed by atoms with van der Waals surface area (Å²) < 4.78 is 41.0. The van der Waals surface area contributed by atoms with Crippen molar-refractivity contribution in [1.82, 2.24) is 0 Å². The van der Waals surface area contributed by atoms with Crippen LogP contribution in [0, 0.1) is 0 Å². The number of halogens is 3. The molecule has 0 fully saturated rings. The molecule has 0 saturated carbocycles. The normalized spacial score (nSPS) is 11.1. The Morgan fingerprint density at radius 3 is 2.59 bits per heavy atom. The molecule has 4 nitrogen and oxygen atoms in total. The van der Waals surface area contributed by atoms with Gasteiger partial charge in [-0.2, -0.15) is 13.2 Å². The number of amides is 1. The zero-order valence-corrected chi connectivity index (χ0v) is 8.97. The molecule has 0 spiro atoms. The molecule has 0 heterocycles. The highest BCUT2D eigenvalue weighted by Crippen LogP contribution is 2.27. The summed E-state index contributed by atoms with van der Waals surface area (Å²) in [5.41, 5.74) is 6.01. The van der Waals surface area contributed by atoms with Gasteiger partial charge in [-0.25, -0.2) is 0 Å². The van der Waals surface area contributed by atoms with Crippen molar-refractivity contribution in [3.8, 4) is 5.75 Å². The van der Waals surface area contributed by atoms with Gasteiger partial charge in [0.25, 0.3) is 0 Å². The molecule has 0 atom stereocenters. The molecule has 0 radical (unpaired) electrons. The van der Waals surface area contributed by atoms with E-state index in [9.17, 15) is 18.0 Å². The highest BCUT2D eigenvalue weighted by atomic mass is 19.4. The third kappa shape index (κ3) is 3.35. The molecular weight excluding hydrogens is 237 g/mol. The van der Waals surface area contributed by atoms with Crippen LogP contribution in [0.4, 0.5) is 18.9 Å². The predicted molar refractivity (Wildman–Crippen MR) is 55.6 cm³/mol. The Hall–Kier alpha value is -1.76. The van der Waals surface area contributed by atoms with Crippen molar-refractivity contribution in [3.63, 3.8) is 0 Å². The number of carbonyl (C=O) groups excluding carboxylic acids is 1. The smallest absolute Gasteiger partial charge is 0.471 e. The number of hydrogen-bond donors (Lipinski definition) is 2. The Balaban J connectivity index is 2.95. The Kier molecular flexibility index (Phi) is 3.95. The van der Waals surface area contributed by atoms with Gasteiger partial charge in [0.1, 0.15) is 5.75 Å². The molecule has 0 bridgehead atoms. The number of nitrogens with one attached hydrogen (secondary N) is 1. The molecule has 1 aromatic rings. The first kappa shape index (κ1) is 13.3. The van der Waals surface area contributed by atoms with Gasteiger partial charge in [0.15, 0.2) is 0 Å². The van der Waals surface area contributed by atoms with Gasteiger partial charge in [-0.1, -0.05) is 6.07 Å². The molecule has 0 aliphatic heterocycles. The van der Waals surface area contributed by atoms with Crippen LogP contribution >= 0.6 is 0 Å². The second-order valence-electron chi connectivity index (χ2n) is 3.19. The van der Waals surface area contributed by atoms with E-state index in [-0.39, 0.29) is 18.0 Å². The minimum Gasteiger partial charge on any atom is -0.495 e. The lowest BCUT2D eigenvalue weighted by atomic mass is 10.2. The van der Waals surface area contributed by atoms with Crippen LogP contribution in [-0.2, 0) is 11.3 Å².